The molecular formula is C19H20N4O3S. The van der Waals surface area contributed by atoms with E-state index in [1.54, 1.807) is 23.5 Å². The molecule has 1 N–H and O–H groups in total. The molecule has 0 fully saturated rings. The third-order valence-corrected chi connectivity index (χ3v) is 5.06. The van der Waals surface area contributed by atoms with E-state index in [1.165, 1.54) is 16.8 Å². The number of aryl methyl sites for hydroxylation is 1. The van der Waals surface area contributed by atoms with Crippen LogP contribution in [0.25, 0.3) is 5.69 Å². The Kier molecular flexibility index (Phi) is 5.66. The zero-order chi connectivity index (χ0) is 19.4. The molecule has 8 heteroatoms. The highest BCUT2D eigenvalue weighted by Crippen LogP contribution is 2.16. The van der Waals surface area contributed by atoms with Crippen molar-refractivity contribution in [2.45, 2.75) is 33.2 Å². The Morgan fingerprint density at radius 1 is 1.30 bits per heavy atom. The van der Waals surface area contributed by atoms with E-state index in [0.717, 1.165) is 23.4 Å². The third kappa shape index (κ3) is 4.06. The number of aliphatic imine (C=N–C) groups is 1. The first-order valence-electron chi connectivity index (χ1n) is 8.63. The number of aromatic nitrogens is 2. The number of aromatic amines is 1. The van der Waals surface area contributed by atoms with Crippen molar-refractivity contribution in [3.63, 3.8) is 0 Å². The van der Waals surface area contributed by atoms with Crippen LogP contribution in [0.5, 0.6) is 0 Å². The maximum atomic E-state index is 13.0. The van der Waals surface area contributed by atoms with E-state index in [4.69, 9.17) is 0 Å². The predicted octanol–water partition coefficient (Wildman–Crippen LogP) is 4.10. The molecule has 2 heterocycles. The number of nitro groups is 1. The Morgan fingerprint density at radius 2 is 2.04 bits per heavy atom. The molecule has 0 unspecified atom stereocenters. The minimum Gasteiger partial charge on any atom is -0.294 e. The first-order valence-corrected chi connectivity index (χ1v) is 9.51. The number of non-ortho nitro benzene ring substituents is 1. The Bertz CT molecular complexity index is 1010. The number of nitrogens with zero attached hydrogens (tertiary/aromatic N) is 3. The molecule has 3 aromatic rings. The van der Waals surface area contributed by atoms with Gasteiger partial charge in [-0.05, 0) is 36.9 Å². The summed E-state index contributed by atoms with van der Waals surface area (Å²) >= 11 is 1.63. The second-order valence-electron chi connectivity index (χ2n) is 6.11. The van der Waals surface area contributed by atoms with Crippen LogP contribution in [0.3, 0.4) is 0 Å². The van der Waals surface area contributed by atoms with Gasteiger partial charge in [0, 0.05) is 28.4 Å². The van der Waals surface area contributed by atoms with E-state index in [-0.39, 0.29) is 11.2 Å². The normalized spacial score (nSPS) is 11.7. The third-order valence-electron chi connectivity index (χ3n) is 4.20. The van der Waals surface area contributed by atoms with Crippen LogP contribution in [0.4, 0.5) is 5.69 Å². The van der Waals surface area contributed by atoms with Crippen molar-refractivity contribution in [3.05, 3.63) is 78.4 Å². The van der Waals surface area contributed by atoms with Crippen LogP contribution in [0, 0.1) is 10.1 Å². The van der Waals surface area contributed by atoms with Crippen molar-refractivity contribution < 1.29 is 4.92 Å². The van der Waals surface area contributed by atoms with Crippen molar-refractivity contribution >= 4 is 22.7 Å². The van der Waals surface area contributed by atoms with E-state index in [1.807, 2.05) is 31.4 Å². The standard InChI is InChI=1S/C19H20N4O3S/c1-3-5-17-18(13(2)20-12-16-6-4-11-27-16)19(24)22(21-17)14-7-9-15(10-8-14)23(25)26/h4,6-11,21H,3,5,12H2,1-2H3. The molecule has 140 valence electrons. The predicted molar refractivity (Wildman–Crippen MR) is 107 cm³/mol. The lowest BCUT2D eigenvalue weighted by Crippen LogP contribution is -2.19. The van der Waals surface area contributed by atoms with Gasteiger partial charge in [-0.2, -0.15) is 0 Å². The molecule has 0 saturated heterocycles. The summed E-state index contributed by atoms with van der Waals surface area (Å²) in [6, 6.07) is 9.90. The molecule has 0 saturated carbocycles. The Balaban J connectivity index is 1.99. The van der Waals surface area contributed by atoms with Crippen LogP contribution in [-0.2, 0) is 13.0 Å². The number of nitro benzene ring substituents is 1. The second kappa shape index (κ2) is 8.13. The molecule has 0 amide bonds. The summed E-state index contributed by atoms with van der Waals surface area (Å²) < 4.78 is 1.42. The highest BCUT2D eigenvalue weighted by Gasteiger charge is 2.17. The van der Waals surface area contributed by atoms with Gasteiger partial charge in [0.25, 0.3) is 11.2 Å². The van der Waals surface area contributed by atoms with Gasteiger partial charge in [-0.1, -0.05) is 19.4 Å². The molecule has 0 bridgehead atoms. The monoisotopic (exact) mass is 384 g/mol. The Morgan fingerprint density at radius 3 is 2.63 bits per heavy atom. The summed E-state index contributed by atoms with van der Waals surface area (Å²) in [5, 5.41) is 16.0. The molecule has 3 rings (SSSR count). The van der Waals surface area contributed by atoms with E-state index in [0.29, 0.717) is 23.5 Å². The molecule has 7 nitrogen and oxygen atoms in total. The number of H-pyrrole nitrogens is 1. The molecule has 0 aliphatic rings. The molecule has 0 radical (unpaired) electrons. The molecular weight excluding hydrogens is 364 g/mol. The number of nitrogens with one attached hydrogen (secondary N) is 1. The zero-order valence-corrected chi connectivity index (χ0v) is 16.0. The Labute approximate surface area is 160 Å². The van der Waals surface area contributed by atoms with Crippen molar-refractivity contribution in [1.29, 1.82) is 0 Å². The van der Waals surface area contributed by atoms with Crippen LogP contribution >= 0.6 is 11.3 Å². The highest BCUT2D eigenvalue weighted by atomic mass is 32.1. The maximum absolute atomic E-state index is 13.0. The van der Waals surface area contributed by atoms with Gasteiger partial charge < -0.3 is 0 Å². The van der Waals surface area contributed by atoms with Gasteiger partial charge >= 0.3 is 0 Å². The lowest BCUT2D eigenvalue weighted by Gasteiger charge is -2.01. The molecule has 0 atom stereocenters. The molecule has 27 heavy (non-hydrogen) atoms. The first kappa shape index (κ1) is 18.8. The van der Waals surface area contributed by atoms with Crippen LogP contribution in [0.2, 0.25) is 0 Å². The van der Waals surface area contributed by atoms with Gasteiger partial charge in [0.15, 0.2) is 0 Å². The van der Waals surface area contributed by atoms with Crippen molar-refractivity contribution in [2.24, 2.45) is 4.99 Å². The average molecular weight is 384 g/mol. The fourth-order valence-electron chi connectivity index (χ4n) is 2.87. The van der Waals surface area contributed by atoms with Gasteiger partial charge in [0.1, 0.15) is 0 Å². The van der Waals surface area contributed by atoms with Crippen LogP contribution in [-0.4, -0.2) is 20.4 Å². The van der Waals surface area contributed by atoms with Crippen LogP contribution in [0.15, 0.2) is 51.6 Å². The number of rotatable bonds is 7. The Hall–Kier alpha value is -3.00. The minimum atomic E-state index is -0.462. The van der Waals surface area contributed by atoms with E-state index in [9.17, 15) is 14.9 Å². The lowest BCUT2D eigenvalue weighted by molar-refractivity contribution is -0.384. The smallest absolute Gasteiger partial charge is 0.280 e. The highest BCUT2D eigenvalue weighted by molar-refractivity contribution is 7.09. The summed E-state index contributed by atoms with van der Waals surface area (Å²) in [7, 11) is 0. The number of hydrogen-bond donors (Lipinski definition) is 1. The molecule has 1 aromatic carbocycles. The summed E-state index contributed by atoms with van der Waals surface area (Å²) in [5.74, 6) is 0. The maximum Gasteiger partial charge on any atom is 0.280 e. The van der Waals surface area contributed by atoms with Gasteiger partial charge in [-0.3, -0.25) is 25.0 Å². The summed E-state index contributed by atoms with van der Waals surface area (Å²) in [5.41, 5.74) is 2.44. The number of thiophene rings is 1. The largest absolute Gasteiger partial charge is 0.294 e. The molecule has 2 aromatic heterocycles. The van der Waals surface area contributed by atoms with Gasteiger partial charge in [0.2, 0.25) is 0 Å². The van der Waals surface area contributed by atoms with Crippen LogP contribution < -0.4 is 5.56 Å². The molecule has 0 spiro atoms. The number of hydrogen-bond acceptors (Lipinski definition) is 5. The summed E-state index contributed by atoms with van der Waals surface area (Å²) in [4.78, 5) is 29.1. The van der Waals surface area contributed by atoms with Crippen molar-refractivity contribution in [1.82, 2.24) is 9.78 Å². The van der Waals surface area contributed by atoms with Gasteiger partial charge in [-0.15, -0.1) is 11.3 Å². The van der Waals surface area contributed by atoms with E-state index >= 15 is 0 Å². The van der Waals surface area contributed by atoms with E-state index < -0.39 is 4.92 Å². The van der Waals surface area contributed by atoms with Gasteiger partial charge in [-0.25, -0.2) is 4.68 Å². The van der Waals surface area contributed by atoms with Crippen LogP contribution in [0.1, 0.15) is 36.4 Å². The minimum absolute atomic E-state index is 0.0129. The zero-order valence-electron chi connectivity index (χ0n) is 15.1. The lowest BCUT2D eigenvalue weighted by atomic mass is 10.1. The van der Waals surface area contributed by atoms with Crippen molar-refractivity contribution in [2.75, 3.05) is 0 Å². The quantitative estimate of drug-likeness (QED) is 0.377. The molecule has 0 aliphatic heterocycles. The van der Waals surface area contributed by atoms with Gasteiger partial charge in [0.05, 0.1) is 22.7 Å². The van der Waals surface area contributed by atoms with Crippen molar-refractivity contribution in [3.8, 4) is 5.69 Å². The summed E-state index contributed by atoms with van der Waals surface area (Å²) in [6.45, 7) is 4.43. The second-order valence-corrected chi connectivity index (χ2v) is 7.14. The van der Waals surface area contributed by atoms with E-state index in [2.05, 4.69) is 10.1 Å². The average Bonchev–Trinajstić information content (AvgIpc) is 3.28. The molecule has 0 aliphatic carbocycles. The topological polar surface area (TPSA) is 93.3 Å². The fourth-order valence-corrected chi connectivity index (χ4v) is 3.50. The first-order chi connectivity index (χ1) is 13.0. The SMILES string of the molecule is CCCc1[nH]n(-c2ccc([N+](=O)[O-])cc2)c(=O)c1C(C)=NCc1cccs1. The number of benzene rings is 1. The fraction of sp³-hybridized carbons (Fsp3) is 0.263. The summed E-state index contributed by atoms with van der Waals surface area (Å²) in [6.07, 6.45) is 1.60.